The second kappa shape index (κ2) is 3.67. The van der Waals surface area contributed by atoms with Crippen molar-refractivity contribution in [3.05, 3.63) is 23.8 Å². The normalized spacial score (nSPS) is 9.73. The van der Waals surface area contributed by atoms with E-state index in [9.17, 15) is 0 Å². The first-order valence-electron chi connectivity index (χ1n) is 3.77. The third-order valence-corrected chi connectivity index (χ3v) is 2.02. The van der Waals surface area contributed by atoms with Gasteiger partial charge in [-0.15, -0.1) is 12.6 Å². The van der Waals surface area contributed by atoms with Crippen LogP contribution in [-0.2, 0) is 6.42 Å². The van der Waals surface area contributed by atoms with Crippen LogP contribution in [0.2, 0.25) is 0 Å². The standard InChI is InChI=1S/C9H13NS/c1-3-7-6-8(11)4-5-9(7)10-2/h4-6,10-11H,3H2,1-2H3. The van der Waals surface area contributed by atoms with Crippen molar-refractivity contribution < 1.29 is 0 Å². The van der Waals surface area contributed by atoms with Crippen LogP contribution in [0.15, 0.2) is 23.1 Å². The van der Waals surface area contributed by atoms with Crippen LogP contribution in [0, 0.1) is 0 Å². The molecule has 0 aromatic heterocycles. The Morgan fingerprint density at radius 2 is 2.18 bits per heavy atom. The predicted octanol–water partition coefficient (Wildman–Crippen LogP) is 2.58. The highest BCUT2D eigenvalue weighted by Crippen LogP contribution is 2.19. The molecule has 11 heavy (non-hydrogen) atoms. The monoisotopic (exact) mass is 167 g/mol. The van der Waals surface area contributed by atoms with E-state index in [4.69, 9.17) is 0 Å². The van der Waals surface area contributed by atoms with Crippen molar-refractivity contribution in [3.63, 3.8) is 0 Å². The van der Waals surface area contributed by atoms with Gasteiger partial charge < -0.3 is 5.32 Å². The molecule has 1 N–H and O–H groups in total. The Kier molecular flexibility index (Phi) is 2.83. The van der Waals surface area contributed by atoms with E-state index in [-0.39, 0.29) is 0 Å². The molecule has 0 aliphatic rings. The topological polar surface area (TPSA) is 12.0 Å². The van der Waals surface area contributed by atoms with Gasteiger partial charge in [-0.1, -0.05) is 6.92 Å². The Bertz CT molecular complexity index is 245. The second-order valence-corrected chi connectivity index (χ2v) is 2.96. The molecule has 0 fully saturated rings. The van der Waals surface area contributed by atoms with Crippen molar-refractivity contribution in [3.8, 4) is 0 Å². The summed E-state index contributed by atoms with van der Waals surface area (Å²) in [6.45, 7) is 2.14. The van der Waals surface area contributed by atoms with Crippen molar-refractivity contribution in [2.45, 2.75) is 18.2 Å². The molecule has 1 aromatic carbocycles. The van der Waals surface area contributed by atoms with E-state index in [0.29, 0.717) is 0 Å². The molecule has 0 aliphatic carbocycles. The maximum absolute atomic E-state index is 4.27. The highest BCUT2D eigenvalue weighted by Gasteiger charge is 1.97. The Morgan fingerprint density at radius 1 is 1.45 bits per heavy atom. The number of hydrogen-bond acceptors (Lipinski definition) is 2. The van der Waals surface area contributed by atoms with Crippen LogP contribution in [0.3, 0.4) is 0 Å². The molecule has 0 spiro atoms. The number of aryl methyl sites for hydroxylation is 1. The SMILES string of the molecule is CCc1cc(S)ccc1NC. The van der Waals surface area contributed by atoms with Gasteiger partial charge in [0, 0.05) is 17.6 Å². The minimum Gasteiger partial charge on any atom is -0.388 e. The summed E-state index contributed by atoms with van der Waals surface area (Å²) in [6.07, 6.45) is 1.05. The van der Waals surface area contributed by atoms with Gasteiger partial charge in [-0.05, 0) is 30.2 Å². The van der Waals surface area contributed by atoms with Gasteiger partial charge >= 0.3 is 0 Å². The Labute approximate surface area is 73.2 Å². The average molecular weight is 167 g/mol. The Balaban J connectivity index is 3.06. The van der Waals surface area contributed by atoms with Crippen molar-refractivity contribution >= 4 is 18.3 Å². The third kappa shape index (κ3) is 1.90. The number of hydrogen-bond donors (Lipinski definition) is 2. The quantitative estimate of drug-likeness (QED) is 0.645. The predicted molar refractivity (Wildman–Crippen MR) is 52.6 cm³/mol. The van der Waals surface area contributed by atoms with Gasteiger partial charge in [-0.25, -0.2) is 0 Å². The molecule has 0 saturated heterocycles. The summed E-state index contributed by atoms with van der Waals surface area (Å²) < 4.78 is 0. The molecule has 0 atom stereocenters. The van der Waals surface area contributed by atoms with Crippen LogP contribution in [0.25, 0.3) is 0 Å². The van der Waals surface area contributed by atoms with Crippen molar-refractivity contribution in [2.24, 2.45) is 0 Å². The lowest BCUT2D eigenvalue weighted by Gasteiger charge is -2.06. The highest BCUT2D eigenvalue weighted by molar-refractivity contribution is 7.80. The lowest BCUT2D eigenvalue weighted by Crippen LogP contribution is -1.93. The first-order valence-corrected chi connectivity index (χ1v) is 4.22. The molecular formula is C9H13NS. The smallest absolute Gasteiger partial charge is 0.0370 e. The second-order valence-electron chi connectivity index (χ2n) is 2.45. The molecule has 0 saturated carbocycles. The maximum atomic E-state index is 4.27. The average Bonchev–Trinajstić information content (AvgIpc) is 2.04. The number of thiol groups is 1. The molecule has 2 heteroatoms. The third-order valence-electron chi connectivity index (χ3n) is 1.74. The summed E-state index contributed by atoms with van der Waals surface area (Å²) in [7, 11) is 1.94. The lowest BCUT2D eigenvalue weighted by molar-refractivity contribution is 1.12. The van der Waals surface area contributed by atoms with E-state index in [1.807, 2.05) is 13.1 Å². The van der Waals surface area contributed by atoms with Crippen LogP contribution in [0.4, 0.5) is 5.69 Å². The van der Waals surface area contributed by atoms with Crippen LogP contribution in [0.1, 0.15) is 12.5 Å². The minimum atomic E-state index is 1.03. The first kappa shape index (κ1) is 8.47. The van der Waals surface area contributed by atoms with E-state index < -0.39 is 0 Å². The molecule has 0 bridgehead atoms. The maximum Gasteiger partial charge on any atom is 0.0370 e. The van der Waals surface area contributed by atoms with Crippen LogP contribution in [0.5, 0.6) is 0 Å². The van der Waals surface area contributed by atoms with Gasteiger partial charge in [-0.2, -0.15) is 0 Å². The summed E-state index contributed by atoms with van der Waals surface area (Å²) in [4.78, 5) is 1.03. The number of nitrogens with one attached hydrogen (secondary N) is 1. The summed E-state index contributed by atoms with van der Waals surface area (Å²) in [5.41, 5.74) is 2.52. The molecule has 0 amide bonds. The highest BCUT2D eigenvalue weighted by atomic mass is 32.1. The van der Waals surface area contributed by atoms with E-state index in [1.165, 1.54) is 11.3 Å². The van der Waals surface area contributed by atoms with Crippen molar-refractivity contribution in [2.75, 3.05) is 12.4 Å². The molecule has 0 radical (unpaired) electrons. The summed E-state index contributed by atoms with van der Waals surface area (Å²) in [5, 5.41) is 3.14. The zero-order chi connectivity index (χ0) is 8.27. The van der Waals surface area contributed by atoms with Gasteiger partial charge in [-0.3, -0.25) is 0 Å². The van der Waals surface area contributed by atoms with Crippen molar-refractivity contribution in [1.82, 2.24) is 0 Å². The summed E-state index contributed by atoms with van der Waals surface area (Å²) in [5.74, 6) is 0. The zero-order valence-electron chi connectivity index (χ0n) is 6.89. The van der Waals surface area contributed by atoms with Crippen LogP contribution >= 0.6 is 12.6 Å². The fourth-order valence-corrected chi connectivity index (χ4v) is 1.35. The van der Waals surface area contributed by atoms with E-state index >= 15 is 0 Å². The summed E-state index contributed by atoms with van der Waals surface area (Å²) in [6, 6.07) is 6.14. The zero-order valence-corrected chi connectivity index (χ0v) is 7.78. The molecule has 0 unspecified atom stereocenters. The Hall–Kier alpha value is -0.630. The van der Waals surface area contributed by atoms with Crippen molar-refractivity contribution in [1.29, 1.82) is 0 Å². The molecule has 0 heterocycles. The fourth-order valence-electron chi connectivity index (χ4n) is 1.12. The molecule has 60 valence electrons. The molecule has 1 rings (SSSR count). The van der Waals surface area contributed by atoms with E-state index in [1.54, 1.807) is 0 Å². The number of rotatable bonds is 2. The lowest BCUT2D eigenvalue weighted by atomic mass is 10.1. The molecular weight excluding hydrogens is 154 g/mol. The largest absolute Gasteiger partial charge is 0.388 e. The molecule has 0 aliphatic heterocycles. The van der Waals surface area contributed by atoms with Gasteiger partial charge in [0.25, 0.3) is 0 Å². The van der Waals surface area contributed by atoms with Gasteiger partial charge in [0.1, 0.15) is 0 Å². The minimum absolute atomic E-state index is 1.03. The van der Waals surface area contributed by atoms with Gasteiger partial charge in [0.05, 0.1) is 0 Å². The summed E-state index contributed by atoms with van der Waals surface area (Å²) >= 11 is 4.27. The van der Waals surface area contributed by atoms with Crippen LogP contribution < -0.4 is 5.32 Å². The Morgan fingerprint density at radius 3 is 2.73 bits per heavy atom. The number of anilines is 1. The van der Waals surface area contributed by atoms with Gasteiger partial charge in [0.2, 0.25) is 0 Å². The molecule has 1 aromatic rings. The van der Waals surface area contributed by atoms with E-state index in [2.05, 4.69) is 37.0 Å². The first-order chi connectivity index (χ1) is 5.27. The van der Waals surface area contributed by atoms with E-state index in [0.717, 1.165) is 11.3 Å². The van der Waals surface area contributed by atoms with Gasteiger partial charge in [0.15, 0.2) is 0 Å². The number of benzene rings is 1. The molecule has 1 nitrogen and oxygen atoms in total. The fraction of sp³-hybridized carbons (Fsp3) is 0.333. The van der Waals surface area contributed by atoms with Crippen LogP contribution in [-0.4, -0.2) is 7.05 Å².